The molecule has 52 valence electrons. The molecule has 0 unspecified atom stereocenters. The standard InChI is InChI=1S/C6H11N2.HI/c1-3-8-5-4-7(2)6-8;/h4-6H,3H2,1-2H3;1H/q+1;/p-1. The molecule has 0 saturated heterocycles. The fourth-order valence-electron chi connectivity index (χ4n) is 0.689. The average Bonchev–Trinajstić information content (AvgIpc) is 2.14. The lowest BCUT2D eigenvalue weighted by Crippen LogP contribution is -3.00. The van der Waals surface area contributed by atoms with Crippen molar-refractivity contribution in [1.82, 2.24) is 4.57 Å². The lowest BCUT2D eigenvalue weighted by atomic mass is 10.7. The zero-order valence-corrected chi connectivity index (χ0v) is 7.87. The van der Waals surface area contributed by atoms with Gasteiger partial charge in [-0.3, -0.25) is 0 Å². The highest BCUT2D eigenvalue weighted by molar-refractivity contribution is 4.63. The van der Waals surface area contributed by atoms with Crippen LogP contribution >= 0.6 is 0 Å². The van der Waals surface area contributed by atoms with Crippen LogP contribution in [0.1, 0.15) is 6.92 Å². The lowest BCUT2D eigenvalue weighted by molar-refractivity contribution is -0.671. The van der Waals surface area contributed by atoms with Crippen molar-refractivity contribution in [2.24, 2.45) is 7.05 Å². The molecule has 1 aromatic heterocycles. The Morgan fingerprint density at radius 2 is 2.22 bits per heavy atom. The van der Waals surface area contributed by atoms with Gasteiger partial charge < -0.3 is 24.0 Å². The van der Waals surface area contributed by atoms with Gasteiger partial charge in [0.1, 0.15) is 12.4 Å². The summed E-state index contributed by atoms with van der Waals surface area (Å²) in [5, 5.41) is 0. The first-order chi connectivity index (χ1) is 3.83. The molecular formula is C6H11IN2. The predicted molar refractivity (Wildman–Crippen MR) is 31.3 cm³/mol. The summed E-state index contributed by atoms with van der Waals surface area (Å²) in [5.41, 5.74) is 0. The maximum Gasteiger partial charge on any atom is 0.243 e. The van der Waals surface area contributed by atoms with Crippen LogP contribution in [0.5, 0.6) is 0 Å². The summed E-state index contributed by atoms with van der Waals surface area (Å²) in [7, 11) is 2.02. The van der Waals surface area contributed by atoms with Crippen molar-refractivity contribution in [3.05, 3.63) is 18.7 Å². The van der Waals surface area contributed by atoms with Crippen LogP contribution in [0.25, 0.3) is 0 Å². The first kappa shape index (κ1) is 8.94. The molecule has 1 aromatic rings. The van der Waals surface area contributed by atoms with Crippen molar-refractivity contribution < 1.29 is 28.5 Å². The van der Waals surface area contributed by atoms with E-state index in [0.29, 0.717) is 0 Å². The first-order valence-electron chi connectivity index (χ1n) is 2.84. The molecular weight excluding hydrogens is 227 g/mol. The smallest absolute Gasteiger partial charge is 0.243 e. The van der Waals surface area contributed by atoms with Crippen molar-refractivity contribution in [2.45, 2.75) is 13.5 Å². The molecule has 3 heteroatoms. The molecule has 0 radical (unpaired) electrons. The minimum Gasteiger partial charge on any atom is -1.00 e. The van der Waals surface area contributed by atoms with Crippen molar-refractivity contribution in [2.75, 3.05) is 0 Å². The van der Waals surface area contributed by atoms with Crippen LogP contribution in [-0.4, -0.2) is 4.57 Å². The third kappa shape index (κ3) is 2.34. The Morgan fingerprint density at radius 1 is 1.56 bits per heavy atom. The molecule has 1 heterocycles. The zero-order chi connectivity index (χ0) is 5.98. The van der Waals surface area contributed by atoms with E-state index in [-0.39, 0.29) is 24.0 Å². The van der Waals surface area contributed by atoms with Gasteiger partial charge in [-0.15, -0.1) is 0 Å². The van der Waals surface area contributed by atoms with Gasteiger partial charge in [0.05, 0.1) is 13.6 Å². The van der Waals surface area contributed by atoms with E-state index < -0.39 is 0 Å². The Kier molecular flexibility index (Phi) is 3.84. The van der Waals surface area contributed by atoms with Gasteiger partial charge in [-0.2, -0.15) is 0 Å². The molecule has 0 aliphatic carbocycles. The third-order valence-corrected chi connectivity index (χ3v) is 1.19. The predicted octanol–water partition coefficient (Wildman–Crippen LogP) is -2.66. The summed E-state index contributed by atoms with van der Waals surface area (Å²) in [6.07, 6.45) is 6.14. The second-order valence-electron chi connectivity index (χ2n) is 1.91. The van der Waals surface area contributed by atoms with Crippen LogP contribution in [0.4, 0.5) is 0 Å². The van der Waals surface area contributed by atoms with Gasteiger partial charge in [0.25, 0.3) is 0 Å². The third-order valence-electron chi connectivity index (χ3n) is 1.19. The van der Waals surface area contributed by atoms with Gasteiger partial charge in [0.2, 0.25) is 6.33 Å². The molecule has 0 bridgehead atoms. The number of aromatic nitrogens is 2. The number of nitrogens with zero attached hydrogens (tertiary/aromatic N) is 2. The van der Waals surface area contributed by atoms with Gasteiger partial charge in [-0.05, 0) is 6.92 Å². The monoisotopic (exact) mass is 238 g/mol. The topological polar surface area (TPSA) is 8.81 Å². The van der Waals surface area contributed by atoms with Crippen molar-refractivity contribution >= 4 is 0 Å². The van der Waals surface area contributed by atoms with E-state index in [2.05, 4.69) is 24.0 Å². The maximum atomic E-state index is 2.12. The fraction of sp³-hybridized carbons (Fsp3) is 0.500. The minimum atomic E-state index is 0. The molecule has 0 spiro atoms. The summed E-state index contributed by atoms with van der Waals surface area (Å²) >= 11 is 0. The molecule has 0 fully saturated rings. The molecule has 0 saturated carbocycles. The van der Waals surface area contributed by atoms with Crippen molar-refractivity contribution in [1.29, 1.82) is 0 Å². The number of halogens is 1. The second kappa shape index (κ2) is 3.87. The second-order valence-corrected chi connectivity index (χ2v) is 1.91. The molecule has 2 nitrogen and oxygen atoms in total. The van der Waals surface area contributed by atoms with Crippen molar-refractivity contribution in [3.8, 4) is 0 Å². The number of aryl methyl sites for hydroxylation is 2. The normalized spacial score (nSPS) is 8.67. The highest BCUT2D eigenvalue weighted by Crippen LogP contribution is 1.79. The largest absolute Gasteiger partial charge is 1.00 e. The summed E-state index contributed by atoms with van der Waals surface area (Å²) in [4.78, 5) is 0. The molecule has 0 amide bonds. The first-order valence-corrected chi connectivity index (χ1v) is 2.84. The summed E-state index contributed by atoms with van der Waals surface area (Å²) < 4.78 is 4.16. The van der Waals surface area contributed by atoms with E-state index >= 15 is 0 Å². The molecule has 9 heavy (non-hydrogen) atoms. The number of rotatable bonds is 1. The van der Waals surface area contributed by atoms with E-state index in [9.17, 15) is 0 Å². The van der Waals surface area contributed by atoms with E-state index in [1.165, 1.54) is 0 Å². The number of hydrogen-bond acceptors (Lipinski definition) is 0. The van der Waals surface area contributed by atoms with Gasteiger partial charge in [0.15, 0.2) is 0 Å². The van der Waals surface area contributed by atoms with Gasteiger partial charge in [-0.1, -0.05) is 0 Å². The highest BCUT2D eigenvalue weighted by Gasteiger charge is 1.92. The lowest BCUT2D eigenvalue weighted by Gasteiger charge is -1.81. The average molecular weight is 238 g/mol. The van der Waals surface area contributed by atoms with Gasteiger partial charge in [0, 0.05) is 0 Å². The molecule has 0 aliphatic rings. The van der Waals surface area contributed by atoms with Crippen LogP contribution in [0.2, 0.25) is 0 Å². The molecule has 0 N–H and O–H groups in total. The Labute approximate surface area is 72.5 Å². The van der Waals surface area contributed by atoms with Gasteiger partial charge >= 0.3 is 0 Å². The molecule has 0 atom stereocenters. The minimum absolute atomic E-state index is 0. The van der Waals surface area contributed by atoms with Crippen LogP contribution < -0.4 is 28.5 Å². The van der Waals surface area contributed by atoms with Crippen LogP contribution in [-0.2, 0) is 13.6 Å². The Balaban J connectivity index is 0.000000640. The zero-order valence-electron chi connectivity index (χ0n) is 5.71. The number of imidazole rings is 1. The molecule has 0 aliphatic heterocycles. The van der Waals surface area contributed by atoms with Crippen LogP contribution in [0.15, 0.2) is 18.7 Å². The summed E-state index contributed by atoms with van der Waals surface area (Å²) in [5.74, 6) is 0. The van der Waals surface area contributed by atoms with E-state index in [0.717, 1.165) is 6.54 Å². The SMILES string of the molecule is CCn1cc[n+](C)c1.[I-]. The molecule has 0 aromatic carbocycles. The Bertz CT molecular complexity index is 171. The molecule has 1 rings (SSSR count). The Hall–Kier alpha value is -0.0600. The fourth-order valence-corrected chi connectivity index (χ4v) is 0.689. The van der Waals surface area contributed by atoms with Crippen LogP contribution in [0, 0.1) is 0 Å². The quantitative estimate of drug-likeness (QED) is 0.373. The van der Waals surface area contributed by atoms with Crippen LogP contribution in [0.3, 0.4) is 0 Å². The Morgan fingerprint density at radius 3 is 2.44 bits per heavy atom. The van der Waals surface area contributed by atoms with Gasteiger partial charge in [-0.25, -0.2) is 9.13 Å². The van der Waals surface area contributed by atoms with E-state index in [4.69, 9.17) is 0 Å². The number of hydrogen-bond donors (Lipinski definition) is 0. The summed E-state index contributed by atoms with van der Waals surface area (Å²) in [6, 6.07) is 0. The summed E-state index contributed by atoms with van der Waals surface area (Å²) in [6.45, 7) is 3.18. The van der Waals surface area contributed by atoms with Crippen molar-refractivity contribution in [3.63, 3.8) is 0 Å². The van der Waals surface area contributed by atoms with E-state index in [1.54, 1.807) is 0 Å². The van der Waals surface area contributed by atoms with E-state index in [1.807, 2.05) is 17.8 Å². The maximum absolute atomic E-state index is 2.12. The highest BCUT2D eigenvalue weighted by atomic mass is 127.